The van der Waals surface area contributed by atoms with Crippen LogP contribution in [0, 0.1) is 0 Å². The van der Waals surface area contributed by atoms with Gasteiger partial charge in [-0.25, -0.2) is 9.97 Å². The van der Waals surface area contributed by atoms with E-state index in [9.17, 15) is 4.79 Å². The number of hydrogen-bond acceptors (Lipinski definition) is 5. The second-order valence-corrected chi connectivity index (χ2v) is 7.45. The molecular formula is C19H18ClN3O2S. The lowest BCUT2D eigenvalue weighted by atomic mass is 10.0. The highest BCUT2D eigenvalue weighted by Crippen LogP contribution is 2.38. The van der Waals surface area contributed by atoms with E-state index in [0.29, 0.717) is 6.61 Å². The van der Waals surface area contributed by atoms with Gasteiger partial charge in [-0.2, -0.15) is 0 Å². The van der Waals surface area contributed by atoms with E-state index < -0.39 is 0 Å². The van der Waals surface area contributed by atoms with Crippen molar-refractivity contribution in [2.24, 2.45) is 0 Å². The third-order valence-electron chi connectivity index (χ3n) is 4.46. The first-order chi connectivity index (χ1) is 12.7. The molecule has 0 aliphatic carbocycles. The molecule has 5 nitrogen and oxygen atoms in total. The van der Waals surface area contributed by atoms with Gasteiger partial charge in [-0.15, -0.1) is 11.8 Å². The molecule has 134 valence electrons. The summed E-state index contributed by atoms with van der Waals surface area (Å²) in [6.45, 7) is 3.17. The number of hydrogen-bond donors (Lipinski definition) is 0. The quantitative estimate of drug-likeness (QED) is 0.370. The van der Waals surface area contributed by atoms with Gasteiger partial charge in [0.2, 0.25) is 5.28 Å². The Bertz CT molecular complexity index is 986. The van der Waals surface area contributed by atoms with E-state index in [1.54, 1.807) is 13.1 Å². The van der Waals surface area contributed by atoms with Crippen LogP contribution in [0.5, 0.6) is 0 Å². The molecule has 0 amide bonds. The monoisotopic (exact) mass is 387 g/mol. The van der Waals surface area contributed by atoms with Gasteiger partial charge in [0.05, 0.1) is 28.5 Å². The Morgan fingerprint density at radius 1 is 1.42 bits per heavy atom. The minimum absolute atomic E-state index is 0.201. The van der Waals surface area contributed by atoms with Crippen molar-refractivity contribution >= 4 is 40.2 Å². The normalized spacial score (nSPS) is 13.2. The van der Waals surface area contributed by atoms with Gasteiger partial charge in [-0.3, -0.25) is 4.79 Å². The molecule has 0 bridgehead atoms. The number of aryl methyl sites for hydroxylation is 2. The highest BCUT2D eigenvalue weighted by Gasteiger charge is 2.20. The van der Waals surface area contributed by atoms with Crippen LogP contribution < -0.4 is 0 Å². The maximum atomic E-state index is 11.7. The minimum atomic E-state index is -0.249. The Balaban J connectivity index is 1.79. The lowest BCUT2D eigenvalue weighted by molar-refractivity contribution is -0.139. The largest absolute Gasteiger partial charge is 0.465 e. The number of ether oxygens (including phenoxy) is 1. The summed E-state index contributed by atoms with van der Waals surface area (Å²) in [4.78, 5) is 21.1. The Labute approximate surface area is 160 Å². The van der Waals surface area contributed by atoms with Crippen LogP contribution in [-0.2, 0) is 22.5 Å². The molecule has 0 fully saturated rings. The lowest BCUT2D eigenvalue weighted by Crippen LogP contribution is -2.06. The number of para-hydroxylation sites is 1. The molecule has 3 aromatic rings. The van der Waals surface area contributed by atoms with Crippen LogP contribution in [0.15, 0.2) is 35.5 Å². The maximum absolute atomic E-state index is 11.7. The molecule has 1 aliphatic rings. The van der Waals surface area contributed by atoms with Crippen molar-refractivity contribution in [3.05, 3.63) is 41.4 Å². The zero-order valence-corrected chi connectivity index (χ0v) is 15.9. The number of carbonyl (C=O) groups is 1. The van der Waals surface area contributed by atoms with Crippen molar-refractivity contribution in [2.45, 2.75) is 31.2 Å². The van der Waals surface area contributed by atoms with Gasteiger partial charge in [-0.1, -0.05) is 18.2 Å². The molecule has 4 rings (SSSR count). The average molecular weight is 388 g/mol. The number of benzene rings is 1. The maximum Gasteiger partial charge on any atom is 0.316 e. The van der Waals surface area contributed by atoms with Crippen molar-refractivity contribution in [3.63, 3.8) is 0 Å². The number of carbonyl (C=O) groups excluding carboxylic acids is 1. The molecule has 2 aromatic heterocycles. The fraction of sp³-hybridized carbons (Fsp3) is 0.316. The van der Waals surface area contributed by atoms with Crippen molar-refractivity contribution < 1.29 is 9.53 Å². The van der Waals surface area contributed by atoms with E-state index in [0.717, 1.165) is 40.9 Å². The molecular weight excluding hydrogens is 370 g/mol. The van der Waals surface area contributed by atoms with E-state index >= 15 is 0 Å². The summed E-state index contributed by atoms with van der Waals surface area (Å²) in [5.74, 6) is -0.0311. The second kappa shape index (κ2) is 7.29. The number of nitrogens with zero attached hydrogens (tertiary/aromatic N) is 3. The fourth-order valence-corrected chi connectivity index (χ4v) is 4.34. The third kappa shape index (κ3) is 3.19. The summed E-state index contributed by atoms with van der Waals surface area (Å²) < 4.78 is 7.31. The van der Waals surface area contributed by atoms with Gasteiger partial charge < -0.3 is 9.30 Å². The topological polar surface area (TPSA) is 57.0 Å². The van der Waals surface area contributed by atoms with Gasteiger partial charge in [0.25, 0.3) is 0 Å². The molecule has 0 atom stereocenters. The molecule has 26 heavy (non-hydrogen) atoms. The molecule has 0 radical (unpaired) electrons. The van der Waals surface area contributed by atoms with E-state index in [1.807, 2.05) is 0 Å². The van der Waals surface area contributed by atoms with Crippen LogP contribution in [0.1, 0.15) is 18.9 Å². The Hall–Kier alpha value is -2.05. The van der Waals surface area contributed by atoms with Crippen LogP contribution in [0.2, 0.25) is 5.28 Å². The first-order valence-electron chi connectivity index (χ1n) is 8.59. The van der Waals surface area contributed by atoms with Crippen molar-refractivity contribution in [2.75, 3.05) is 12.4 Å². The Morgan fingerprint density at radius 2 is 2.31 bits per heavy atom. The molecule has 3 heterocycles. The highest BCUT2D eigenvalue weighted by molar-refractivity contribution is 8.00. The first-order valence-corrected chi connectivity index (χ1v) is 9.95. The van der Waals surface area contributed by atoms with Crippen LogP contribution in [0.3, 0.4) is 0 Å². The predicted molar refractivity (Wildman–Crippen MR) is 104 cm³/mol. The summed E-state index contributed by atoms with van der Waals surface area (Å²) in [6, 6.07) is 6.39. The Kier molecular flexibility index (Phi) is 4.87. The summed E-state index contributed by atoms with van der Waals surface area (Å²) in [7, 11) is 0. The first kappa shape index (κ1) is 17.4. The number of halogens is 1. The molecule has 0 saturated heterocycles. The van der Waals surface area contributed by atoms with E-state index in [1.165, 1.54) is 22.8 Å². The third-order valence-corrected chi connectivity index (χ3v) is 5.63. The predicted octanol–water partition coefficient (Wildman–Crippen LogP) is 4.35. The highest BCUT2D eigenvalue weighted by atomic mass is 35.5. The molecule has 0 spiro atoms. The number of aromatic nitrogens is 3. The molecule has 1 aliphatic heterocycles. The average Bonchev–Trinajstić information content (AvgIpc) is 3.02. The van der Waals surface area contributed by atoms with Crippen molar-refractivity contribution in [3.8, 4) is 11.3 Å². The van der Waals surface area contributed by atoms with Crippen LogP contribution in [0.4, 0.5) is 0 Å². The lowest BCUT2D eigenvalue weighted by Gasteiger charge is -2.14. The standard InChI is InChI=1S/C19H18ClN3O2S/c1-2-25-16(24)11-26-15-9-21-19(20)22-17(15)14-10-23-8-4-6-12-5-3-7-13(14)18(12)23/h3,5,7,9-10H,2,4,6,8,11H2,1H3. The summed E-state index contributed by atoms with van der Waals surface area (Å²) in [5.41, 5.74) is 4.42. The molecule has 1 aromatic carbocycles. The summed E-state index contributed by atoms with van der Waals surface area (Å²) in [6.07, 6.45) is 6.05. The zero-order valence-electron chi connectivity index (χ0n) is 14.4. The molecule has 0 N–H and O–H groups in total. The summed E-state index contributed by atoms with van der Waals surface area (Å²) in [5, 5.41) is 1.36. The van der Waals surface area contributed by atoms with Gasteiger partial charge in [0.15, 0.2) is 0 Å². The van der Waals surface area contributed by atoms with Gasteiger partial charge >= 0.3 is 5.97 Å². The Morgan fingerprint density at radius 3 is 3.15 bits per heavy atom. The fourth-order valence-electron chi connectivity index (χ4n) is 3.43. The van der Waals surface area contributed by atoms with E-state index in [2.05, 4.69) is 38.9 Å². The SMILES string of the molecule is CCOC(=O)CSc1cnc(Cl)nc1-c1cn2c3c(cccc13)CCC2. The van der Waals surface area contributed by atoms with Crippen molar-refractivity contribution in [1.82, 2.24) is 14.5 Å². The number of rotatable bonds is 5. The number of thioether (sulfide) groups is 1. The van der Waals surface area contributed by atoms with E-state index in [-0.39, 0.29) is 17.0 Å². The van der Waals surface area contributed by atoms with Crippen molar-refractivity contribution in [1.29, 1.82) is 0 Å². The molecule has 7 heteroatoms. The van der Waals surface area contributed by atoms with Gasteiger partial charge in [-0.05, 0) is 36.9 Å². The van der Waals surface area contributed by atoms with E-state index in [4.69, 9.17) is 16.3 Å². The minimum Gasteiger partial charge on any atom is -0.465 e. The second-order valence-electron chi connectivity index (χ2n) is 6.10. The zero-order chi connectivity index (χ0) is 18.1. The van der Waals surface area contributed by atoms with Gasteiger partial charge in [0, 0.05) is 29.9 Å². The smallest absolute Gasteiger partial charge is 0.316 e. The number of esters is 1. The van der Waals surface area contributed by atoms with Crippen LogP contribution in [-0.4, -0.2) is 32.9 Å². The van der Waals surface area contributed by atoms with Gasteiger partial charge in [0.1, 0.15) is 0 Å². The summed E-state index contributed by atoms with van der Waals surface area (Å²) >= 11 is 7.46. The van der Waals surface area contributed by atoms with Crippen LogP contribution >= 0.6 is 23.4 Å². The molecule has 0 unspecified atom stereocenters. The molecule has 0 saturated carbocycles. The van der Waals surface area contributed by atoms with Crippen LogP contribution in [0.25, 0.3) is 22.2 Å².